The molecular weight excluding hydrogens is 312 g/mol. The molecule has 108 valence electrons. The van der Waals surface area contributed by atoms with E-state index in [0.29, 0.717) is 16.8 Å². The number of hydrogen-bond donors (Lipinski definition) is 1. The summed E-state index contributed by atoms with van der Waals surface area (Å²) < 4.78 is 28.3. The van der Waals surface area contributed by atoms with Crippen molar-refractivity contribution in [2.75, 3.05) is 13.1 Å². The van der Waals surface area contributed by atoms with Gasteiger partial charge in [0, 0.05) is 12.1 Å². The lowest BCUT2D eigenvalue weighted by Gasteiger charge is -2.34. The van der Waals surface area contributed by atoms with E-state index in [-0.39, 0.29) is 11.0 Å². The van der Waals surface area contributed by atoms with Crippen LogP contribution in [0, 0.1) is 23.0 Å². The van der Waals surface area contributed by atoms with E-state index in [2.05, 4.69) is 42.0 Å². The van der Waals surface area contributed by atoms with Crippen LogP contribution in [0.5, 0.6) is 0 Å². The van der Waals surface area contributed by atoms with E-state index < -0.39 is 11.6 Å². The lowest BCUT2D eigenvalue weighted by atomic mass is 9.74. The second-order valence-corrected chi connectivity index (χ2v) is 6.44. The summed E-state index contributed by atoms with van der Waals surface area (Å²) in [5.74, 6) is -0.628. The van der Waals surface area contributed by atoms with Gasteiger partial charge in [0.25, 0.3) is 0 Å². The van der Waals surface area contributed by atoms with Crippen molar-refractivity contribution in [3.05, 3.63) is 33.8 Å². The van der Waals surface area contributed by atoms with Crippen LogP contribution in [-0.4, -0.2) is 13.1 Å². The van der Waals surface area contributed by atoms with Gasteiger partial charge in [-0.3, -0.25) is 0 Å². The van der Waals surface area contributed by atoms with Gasteiger partial charge in [-0.1, -0.05) is 27.7 Å². The van der Waals surface area contributed by atoms with Gasteiger partial charge in [-0.15, -0.1) is 0 Å². The van der Waals surface area contributed by atoms with Gasteiger partial charge in [-0.2, -0.15) is 0 Å². The standard InChI is InChI=1S/C15H22BrF2N/c1-5-19-9-15(4,10(2)3)8-11-13(17)7-6-12(16)14(11)18/h6-7,10,19H,5,8-9H2,1-4H3. The summed E-state index contributed by atoms with van der Waals surface area (Å²) in [6, 6.07) is 2.72. The molecule has 4 heteroatoms. The highest BCUT2D eigenvalue weighted by Crippen LogP contribution is 2.34. The van der Waals surface area contributed by atoms with Crippen molar-refractivity contribution >= 4 is 15.9 Å². The first-order chi connectivity index (χ1) is 8.81. The van der Waals surface area contributed by atoms with E-state index >= 15 is 0 Å². The second kappa shape index (κ2) is 6.80. The molecule has 1 atom stereocenters. The average Bonchev–Trinajstić information content (AvgIpc) is 2.36. The lowest BCUT2D eigenvalue weighted by Crippen LogP contribution is -2.38. The Hall–Kier alpha value is -0.480. The molecular formula is C15H22BrF2N. The summed E-state index contributed by atoms with van der Waals surface area (Å²) in [6.07, 6.45) is 0.384. The maximum Gasteiger partial charge on any atom is 0.143 e. The van der Waals surface area contributed by atoms with Crippen molar-refractivity contribution in [2.24, 2.45) is 11.3 Å². The summed E-state index contributed by atoms with van der Waals surface area (Å²) in [5, 5.41) is 3.29. The monoisotopic (exact) mass is 333 g/mol. The van der Waals surface area contributed by atoms with E-state index in [4.69, 9.17) is 0 Å². The minimum atomic E-state index is -0.483. The van der Waals surface area contributed by atoms with Crippen LogP contribution in [0.25, 0.3) is 0 Å². The zero-order chi connectivity index (χ0) is 14.6. The third-order valence-corrected chi connectivity index (χ3v) is 4.50. The quantitative estimate of drug-likeness (QED) is 0.753. The molecule has 0 aliphatic rings. The number of benzene rings is 1. The molecule has 0 saturated carbocycles. The van der Waals surface area contributed by atoms with Gasteiger partial charge in [-0.25, -0.2) is 8.78 Å². The van der Waals surface area contributed by atoms with Gasteiger partial charge in [-0.05, 0) is 52.4 Å². The zero-order valence-electron chi connectivity index (χ0n) is 12.0. The summed E-state index contributed by atoms with van der Waals surface area (Å²) >= 11 is 3.12. The molecule has 0 bridgehead atoms. The molecule has 0 aromatic heterocycles. The number of nitrogens with one attached hydrogen (secondary N) is 1. The highest BCUT2D eigenvalue weighted by atomic mass is 79.9. The van der Waals surface area contributed by atoms with E-state index in [1.165, 1.54) is 12.1 Å². The minimum absolute atomic E-state index is 0.170. The molecule has 19 heavy (non-hydrogen) atoms. The van der Waals surface area contributed by atoms with Crippen molar-refractivity contribution < 1.29 is 8.78 Å². The molecule has 0 spiro atoms. The Kier molecular flexibility index (Phi) is 5.93. The van der Waals surface area contributed by atoms with Crippen LogP contribution < -0.4 is 5.32 Å². The predicted molar refractivity (Wildman–Crippen MR) is 79.3 cm³/mol. The Balaban J connectivity index is 3.06. The molecule has 1 unspecified atom stereocenters. The SMILES string of the molecule is CCNCC(C)(Cc1c(F)ccc(Br)c1F)C(C)C. The van der Waals surface area contributed by atoms with Crippen molar-refractivity contribution in [1.82, 2.24) is 5.32 Å². The first-order valence-corrected chi connectivity index (χ1v) is 7.44. The number of rotatable bonds is 6. The van der Waals surface area contributed by atoms with E-state index in [9.17, 15) is 8.78 Å². The summed E-state index contributed by atoms with van der Waals surface area (Å²) in [5.41, 5.74) is -0.0122. The molecule has 1 rings (SSSR count). The van der Waals surface area contributed by atoms with Gasteiger partial charge in [0.2, 0.25) is 0 Å². The van der Waals surface area contributed by atoms with E-state index in [1.807, 2.05) is 6.92 Å². The Labute approximate surface area is 122 Å². The van der Waals surface area contributed by atoms with Gasteiger partial charge < -0.3 is 5.32 Å². The molecule has 0 radical (unpaired) electrons. The van der Waals surface area contributed by atoms with Crippen LogP contribution >= 0.6 is 15.9 Å². The topological polar surface area (TPSA) is 12.0 Å². The molecule has 1 nitrogen and oxygen atoms in total. The fourth-order valence-electron chi connectivity index (χ4n) is 2.02. The average molecular weight is 334 g/mol. The van der Waals surface area contributed by atoms with Gasteiger partial charge >= 0.3 is 0 Å². The summed E-state index contributed by atoms with van der Waals surface area (Å²) in [7, 11) is 0. The lowest BCUT2D eigenvalue weighted by molar-refractivity contribution is 0.204. The maximum atomic E-state index is 14.1. The third kappa shape index (κ3) is 3.99. The molecule has 0 fully saturated rings. The first kappa shape index (κ1) is 16.6. The summed E-state index contributed by atoms with van der Waals surface area (Å²) in [4.78, 5) is 0. The largest absolute Gasteiger partial charge is 0.316 e. The van der Waals surface area contributed by atoms with Gasteiger partial charge in [0.1, 0.15) is 11.6 Å². The van der Waals surface area contributed by atoms with E-state index in [1.54, 1.807) is 0 Å². The van der Waals surface area contributed by atoms with Crippen LogP contribution in [0.1, 0.15) is 33.3 Å². The molecule has 0 heterocycles. The van der Waals surface area contributed by atoms with Crippen LogP contribution in [0.2, 0.25) is 0 Å². The summed E-state index contributed by atoms with van der Waals surface area (Å²) in [6.45, 7) is 9.87. The van der Waals surface area contributed by atoms with Crippen LogP contribution in [0.4, 0.5) is 8.78 Å². The van der Waals surface area contributed by atoms with Gasteiger partial charge in [0.05, 0.1) is 4.47 Å². The molecule has 0 amide bonds. The Bertz CT molecular complexity index is 434. The Morgan fingerprint density at radius 1 is 1.32 bits per heavy atom. The normalized spacial score (nSPS) is 14.7. The van der Waals surface area contributed by atoms with Crippen LogP contribution in [0.15, 0.2) is 16.6 Å². The molecule has 1 N–H and O–H groups in total. The van der Waals surface area contributed by atoms with Crippen molar-refractivity contribution in [2.45, 2.75) is 34.1 Å². The molecule has 0 aliphatic heterocycles. The minimum Gasteiger partial charge on any atom is -0.316 e. The van der Waals surface area contributed by atoms with Crippen LogP contribution in [0.3, 0.4) is 0 Å². The molecule has 1 aromatic rings. The molecule has 0 aliphatic carbocycles. The second-order valence-electron chi connectivity index (χ2n) is 5.59. The Morgan fingerprint density at radius 3 is 2.47 bits per heavy atom. The highest BCUT2D eigenvalue weighted by molar-refractivity contribution is 9.10. The fraction of sp³-hybridized carbons (Fsp3) is 0.600. The Morgan fingerprint density at radius 2 is 1.95 bits per heavy atom. The van der Waals surface area contributed by atoms with Gasteiger partial charge in [0.15, 0.2) is 0 Å². The van der Waals surface area contributed by atoms with Crippen molar-refractivity contribution in [3.63, 3.8) is 0 Å². The first-order valence-electron chi connectivity index (χ1n) is 6.65. The van der Waals surface area contributed by atoms with E-state index in [0.717, 1.165) is 13.1 Å². The van der Waals surface area contributed by atoms with Crippen molar-refractivity contribution in [3.8, 4) is 0 Å². The highest BCUT2D eigenvalue weighted by Gasteiger charge is 2.31. The van der Waals surface area contributed by atoms with Crippen molar-refractivity contribution in [1.29, 1.82) is 0 Å². The third-order valence-electron chi connectivity index (χ3n) is 3.89. The predicted octanol–water partition coefficient (Wildman–Crippen LogP) is 4.54. The zero-order valence-corrected chi connectivity index (χ0v) is 13.6. The smallest absolute Gasteiger partial charge is 0.143 e. The molecule has 1 aromatic carbocycles. The molecule has 0 saturated heterocycles. The number of halogens is 3. The maximum absolute atomic E-state index is 14.1. The fourth-order valence-corrected chi connectivity index (χ4v) is 2.39. The van der Waals surface area contributed by atoms with Crippen LogP contribution in [-0.2, 0) is 6.42 Å². The number of hydrogen-bond acceptors (Lipinski definition) is 1.